The van der Waals surface area contributed by atoms with E-state index < -0.39 is 5.66 Å². The zero-order valence-electron chi connectivity index (χ0n) is 16.7. The highest BCUT2D eigenvalue weighted by Crippen LogP contribution is 2.28. The van der Waals surface area contributed by atoms with Crippen LogP contribution in [-0.2, 0) is 9.59 Å². The summed E-state index contributed by atoms with van der Waals surface area (Å²) in [6, 6.07) is 11.9. The summed E-state index contributed by atoms with van der Waals surface area (Å²) in [6.45, 7) is 3.43. The monoisotopic (exact) mass is 415 g/mol. The maximum atomic E-state index is 12.9. The van der Waals surface area contributed by atoms with Gasteiger partial charge in [-0.1, -0.05) is 23.7 Å². The van der Waals surface area contributed by atoms with E-state index in [1.165, 1.54) is 19.1 Å². The molecule has 0 aliphatic carbocycles. The highest BCUT2D eigenvalue weighted by atomic mass is 35.5. The molecule has 1 aliphatic heterocycles. The number of ether oxygens (including phenoxy) is 2. The van der Waals surface area contributed by atoms with Crippen LogP contribution in [0, 0.1) is 0 Å². The van der Waals surface area contributed by atoms with Crippen LogP contribution in [0.3, 0.4) is 0 Å². The van der Waals surface area contributed by atoms with Gasteiger partial charge >= 0.3 is 0 Å². The molecule has 29 heavy (non-hydrogen) atoms. The number of rotatable bonds is 6. The zero-order chi connectivity index (χ0) is 21.2. The van der Waals surface area contributed by atoms with Crippen LogP contribution < -0.4 is 14.8 Å². The Kier molecular flexibility index (Phi) is 5.79. The molecular formula is C21H22ClN3O4. The van der Waals surface area contributed by atoms with E-state index in [-0.39, 0.29) is 18.4 Å². The van der Waals surface area contributed by atoms with Crippen LogP contribution >= 0.6 is 11.6 Å². The topological polar surface area (TPSA) is 80.2 Å². The molecular weight excluding hydrogens is 394 g/mol. The van der Waals surface area contributed by atoms with E-state index in [1.54, 1.807) is 56.3 Å². The Bertz CT molecular complexity index is 948. The van der Waals surface area contributed by atoms with Crippen LogP contribution in [0.5, 0.6) is 11.5 Å². The van der Waals surface area contributed by atoms with E-state index in [4.69, 9.17) is 21.1 Å². The van der Waals surface area contributed by atoms with E-state index in [9.17, 15) is 9.59 Å². The Balaban J connectivity index is 1.75. The third kappa shape index (κ3) is 4.51. The zero-order valence-corrected chi connectivity index (χ0v) is 17.4. The molecule has 2 amide bonds. The maximum absolute atomic E-state index is 12.9. The number of benzene rings is 2. The molecule has 0 atom stereocenters. The number of nitrogens with zero attached hydrogens (tertiary/aromatic N) is 2. The Morgan fingerprint density at radius 2 is 1.69 bits per heavy atom. The predicted molar refractivity (Wildman–Crippen MR) is 112 cm³/mol. The summed E-state index contributed by atoms with van der Waals surface area (Å²) in [5, 5.41) is 3.35. The van der Waals surface area contributed by atoms with Gasteiger partial charge in [-0.2, -0.15) is 0 Å². The molecule has 0 spiro atoms. The molecule has 2 aromatic rings. The van der Waals surface area contributed by atoms with Gasteiger partial charge in [0.25, 0.3) is 5.91 Å². The lowest BCUT2D eigenvalue weighted by molar-refractivity contribution is -0.131. The van der Waals surface area contributed by atoms with Gasteiger partial charge in [0.1, 0.15) is 29.4 Å². The number of carbonyl (C=O) groups excluding carboxylic acids is 2. The molecule has 0 unspecified atom stereocenters. The lowest BCUT2D eigenvalue weighted by Gasteiger charge is -2.28. The third-order valence-electron chi connectivity index (χ3n) is 4.55. The van der Waals surface area contributed by atoms with Gasteiger partial charge in [-0.3, -0.25) is 14.6 Å². The summed E-state index contributed by atoms with van der Waals surface area (Å²) in [5.41, 5.74) is 0.625. The van der Waals surface area contributed by atoms with Crippen molar-refractivity contribution in [2.24, 2.45) is 4.99 Å². The molecule has 3 rings (SSSR count). The van der Waals surface area contributed by atoms with Crippen LogP contribution in [0.25, 0.3) is 0 Å². The van der Waals surface area contributed by atoms with E-state index in [1.807, 2.05) is 0 Å². The van der Waals surface area contributed by atoms with Crippen molar-refractivity contribution >= 4 is 34.8 Å². The number of amides is 2. The van der Waals surface area contributed by atoms with E-state index in [0.29, 0.717) is 33.5 Å². The van der Waals surface area contributed by atoms with Gasteiger partial charge in [0.05, 0.1) is 14.2 Å². The molecule has 0 radical (unpaired) electrons. The second kappa shape index (κ2) is 8.13. The first-order valence-electron chi connectivity index (χ1n) is 8.94. The molecule has 0 fully saturated rings. The van der Waals surface area contributed by atoms with Gasteiger partial charge in [0.15, 0.2) is 0 Å². The molecule has 8 heteroatoms. The average Bonchev–Trinajstić information content (AvgIpc) is 2.91. The summed E-state index contributed by atoms with van der Waals surface area (Å²) < 4.78 is 10.4. The standard InChI is InChI=1S/C21H22ClN3O4/c1-21(2)24-19(13-5-7-14(22)8-6-13)20(27)25(21)12-18(26)23-15-9-16(28-3)11-17(10-15)29-4/h5-11H,12H2,1-4H3,(H,23,26). The van der Waals surface area contributed by atoms with Crippen molar-refractivity contribution in [1.29, 1.82) is 0 Å². The number of anilines is 1. The van der Waals surface area contributed by atoms with Crippen molar-refractivity contribution in [2.45, 2.75) is 19.5 Å². The van der Waals surface area contributed by atoms with Gasteiger partial charge in [-0.25, -0.2) is 0 Å². The third-order valence-corrected chi connectivity index (χ3v) is 4.80. The second-order valence-corrected chi connectivity index (χ2v) is 7.44. The lowest BCUT2D eigenvalue weighted by Crippen LogP contribution is -2.46. The minimum absolute atomic E-state index is 0.147. The van der Waals surface area contributed by atoms with Crippen molar-refractivity contribution in [3.63, 3.8) is 0 Å². The first kappa shape index (κ1) is 20.7. The molecule has 7 nitrogen and oxygen atoms in total. The minimum atomic E-state index is -0.852. The molecule has 0 aromatic heterocycles. The number of hydrogen-bond donors (Lipinski definition) is 1. The first-order chi connectivity index (χ1) is 13.7. The molecule has 1 aliphatic rings. The molecule has 1 N–H and O–H groups in total. The first-order valence-corrected chi connectivity index (χ1v) is 9.32. The quantitative estimate of drug-likeness (QED) is 0.784. The molecule has 152 valence electrons. The summed E-state index contributed by atoms with van der Waals surface area (Å²) in [6.07, 6.45) is 0. The summed E-state index contributed by atoms with van der Waals surface area (Å²) in [7, 11) is 3.06. The van der Waals surface area contributed by atoms with Crippen LogP contribution in [0.2, 0.25) is 5.02 Å². The number of methoxy groups -OCH3 is 2. The van der Waals surface area contributed by atoms with Crippen molar-refractivity contribution in [2.75, 3.05) is 26.1 Å². The Labute approximate surface area is 174 Å². The van der Waals surface area contributed by atoms with Crippen LogP contribution in [0.1, 0.15) is 19.4 Å². The fourth-order valence-electron chi connectivity index (χ4n) is 3.04. The molecule has 2 aromatic carbocycles. The van der Waals surface area contributed by atoms with Gasteiger partial charge in [0.2, 0.25) is 5.91 Å². The van der Waals surface area contributed by atoms with Crippen molar-refractivity contribution < 1.29 is 19.1 Å². The highest BCUT2D eigenvalue weighted by Gasteiger charge is 2.41. The molecule has 1 heterocycles. The number of carbonyl (C=O) groups is 2. The van der Waals surface area contributed by atoms with Crippen molar-refractivity contribution in [3.8, 4) is 11.5 Å². The SMILES string of the molecule is COc1cc(NC(=O)CN2C(=O)C(c3ccc(Cl)cc3)=NC2(C)C)cc(OC)c1. The highest BCUT2D eigenvalue weighted by molar-refractivity contribution is 6.47. The van der Waals surface area contributed by atoms with Gasteiger partial charge < -0.3 is 19.7 Å². The number of hydrogen-bond acceptors (Lipinski definition) is 5. The van der Waals surface area contributed by atoms with Gasteiger partial charge in [-0.15, -0.1) is 0 Å². The van der Waals surface area contributed by atoms with Crippen LogP contribution in [0.15, 0.2) is 47.5 Å². The summed E-state index contributed by atoms with van der Waals surface area (Å²) in [5.74, 6) is 0.432. The van der Waals surface area contributed by atoms with E-state index in [2.05, 4.69) is 10.3 Å². The largest absolute Gasteiger partial charge is 0.497 e. The fourth-order valence-corrected chi connectivity index (χ4v) is 3.17. The Morgan fingerprint density at radius 3 is 2.24 bits per heavy atom. The predicted octanol–water partition coefficient (Wildman–Crippen LogP) is 3.36. The smallest absolute Gasteiger partial charge is 0.275 e. The Hall–Kier alpha value is -3.06. The van der Waals surface area contributed by atoms with Crippen LogP contribution in [0.4, 0.5) is 5.69 Å². The van der Waals surface area contributed by atoms with Gasteiger partial charge in [0, 0.05) is 34.5 Å². The summed E-state index contributed by atoms with van der Waals surface area (Å²) in [4.78, 5) is 31.5. The molecule has 0 saturated heterocycles. The molecule has 0 bridgehead atoms. The fraction of sp³-hybridized carbons (Fsp3) is 0.286. The summed E-state index contributed by atoms with van der Waals surface area (Å²) >= 11 is 5.92. The molecule has 0 saturated carbocycles. The van der Waals surface area contributed by atoms with Crippen LogP contribution in [-0.4, -0.2) is 48.9 Å². The number of nitrogens with one attached hydrogen (secondary N) is 1. The maximum Gasteiger partial charge on any atom is 0.275 e. The van der Waals surface area contributed by atoms with E-state index >= 15 is 0 Å². The van der Waals surface area contributed by atoms with Crippen molar-refractivity contribution in [1.82, 2.24) is 4.90 Å². The van der Waals surface area contributed by atoms with E-state index in [0.717, 1.165) is 0 Å². The average molecular weight is 416 g/mol. The Morgan fingerprint density at radius 1 is 1.10 bits per heavy atom. The van der Waals surface area contributed by atoms with Crippen molar-refractivity contribution in [3.05, 3.63) is 53.1 Å². The number of aliphatic imine (C=N–C) groups is 1. The number of halogens is 1. The lowest BCUT2D eigenvalue weighted by atomic mass is 10.1. The second-order valence-electron chi connectivity index (χ2n) is 7.00. The van der Waals surface area contributed by atoms with Gasteiger partial charge in [-0.05, 0) is 26.0 Å². The normalized spacial score (nSPS) is 15.1. The minimum Gasteiger partial charge on any atom is -0.497 e.